The van der Waals surface area contributed by atoms with Crippen LogP contribution in [-0.4, -0.2) is 75.8 Å². The Morgan fingerprint density at radius 1 is 1.11 bits per heavy atom. The maximum absolute atomic E-state index is 13.4. The van der Waals surface area contributed by atoms with Crippen molar-refractivity contribution in [3.63, 3.8) is 0 Å². The molecule has 35 heavy (non-hydrogen) atoms. The van der Waals surface area contributed by atoms with Crippen LogP contribution in [0.2, 0.25) is 5.02 Å². The highest BCUT2D eigenvalue weighted by molar-refractivity contribution is 7.93. The van der Waals surface area contributed by atoms with Gasteiger partial charge in [0.1, 0.15) is 18.0 Å². The largest absolute Gasteiger partial charge is 0.479 e. The van der Waals surface area contributed by atoms with Gasteiger partial charge in [-0.05, 0) is 13.3 Å². The fourth-order valence-corrected chi connectivity index (χ4v) is 5.01. The molecule has 0 aromatic carbocycles. The van der Waals surface area contributed by atoms with E-state index in [4.69, 9.17) is 25.8 Å². The molecule has 0 bridgehead atoms. The Labute approximate surface area is 207 Å². The molecule has 1 saturated heterocycles. The molecule has 0 saturated carbocycles. The van der Waals surface area contributed by atoms with E-state index in [0.717, 1.165) is 0 Å². The zero-order chi connectivity index (χ0) is 25.2. The first-order valence-corrected chi connectivity index (χ1v) is 12.6. The molecule has 3 aromatic rings. The van der Waals surface area contributed by atoms with Crippen molar-refractivity contribution in [2.75, 3.05) is 32.2 Å². The van der Waals surface area contributed by atoms with Gasteiger partial charge in [-0.1, -0.05) is 18.5 Å². The van der Waals surface area contributed by atoms with Crippen LogP contribution in [-0.2, 0) is 14.8 Å². The Hall–Kier alpha value is -3.10. The highest BCUT2D eigenvalue weighted by Crippen LogP contribution is 2.36. The van der Waals surface area contributed by atoms with Gasteiger partial charge in [0.25, 0.3) is 0 Å². The first kappa shape index (κ1) is 25.0. The van der Waals surface area contributed by atoms with Crippen molar-refractivity contribution < 1.29 is 22.6 Å². The molecule has 1 N–H and O–H groups in total. The summed E-state index contributed by atoms with van der Waals surface area (Å²) in [5.74, 6) is 0.392. The number of hydrogen-bond donors (Lipinski definition) is 1. The number of rotatable bonds is 9. The standard InChI is InChI=1S/C20H25ClN8O5S/c1-11(16-22-7-14(21)8-23-16)12(2)35(30,31)28-20-27-26-17(13-5-6-34-9-13)29(20)15-18(32-3)24-10-25-19(15)33-4/h7-8,10-13H,5-6,9H2,1-4H3,(H,27,28)/t11-,12-,13?/m0/s1. The number of halogens is 1. The van der Waals surface area contributed by atoms with Gasteiger partial charge in [0, 0.05) is 30.8 Å². The molecule has 0 aliphatic carbocycles. The van der Waals surface area contributed by atoms with Crippen molar-refractivity contribution in [2.24, 2.45) is 0 Å². The molecular formula is C20H25ClN8O5S. The number of hydrogen-bond acceptors (Lipinski definition) is 11. The van der Waals surface area contributed by atoms with E-state index in [-0.39, 0.29) is 29.3 Å². The fourth-order valence-electron chi connectivity index (χ4n) is 3.68. The Morgan fingerprint density at radius 2 is 1.77 bits per heavy atom. The lowest BCUT2D eigenvalue weighted by atomic mass is 10.1. The summed E-state index contributed by atoms with van der Waals surface area (Å²) in [6.45, 7) is 4.23. The van der Waals surface area contributed by atoms with Crippen molar-refractivity contribution in [1.82, 2.24) is 34.7 Å². The molecule has 1 aliphatic heterocycles. The van der Waals surface area contributed by atoms with E-state index in [9.17, 15) is 8.42 Å². The van der Waals surface area contributed by atoms with Gasteiger partial charge in [-0.2, -0.15) is 9.97 Å². The Bertz CT molecular complexity index is 1260. The zero-order valence-electron chi connectivity index (χ0n) is 19.5. The third kappa shape index (κ3) is 4.99. The van der Waals surface area contributed by atoms with Crippen molar-refractivity contribution in [1.29, 1.82) is 0 Å². The lowest BCUT2D eigenvalue weighted by Gasteiger charge is -2.21. The Morgan fingerprint density at radius 3 is 2.34 bits per heavy atom. The first-order chi connectivity index (χ1) is 16.8. The average molecular weight is 525 g/mol. The summed E-state index contributed by atoms with van der Waals surface area (Å²) in [5.41, 5.74) is 0.267. The molecule has 3 atom stereocenters. The molecule has 0 spiro atoms. The summed E-state index contributed by atoms with van der Waals surface area (Å²) in [5, 5.41) is 7.86. The summed E-state index contributed by atoms with van der Waals surface area (Å²) in [6, 6.07) is 0. The van der Waals surface area contributed by atoms with Crippen LogP contribution >= 0.6 is 11.6 Å². The minimum Gasteiger partial charge on any atom is -0.479 e. The molecule has 188 valence electrons. The number of anilines is 1. The minimum atomic E-state index is -3.99. The second kappa shape index (κ2) is 10.3. The summed E-state index contributed by atoms with van der Waals surface area (Å²) in [7, 11) is -1.11. The van der Waals surface area contributed by atoms with Gasteiger partial charge < -0.3 is 14.2 Å². The van der Waals surface area contributed by atoms with E-state index < -0.39 is 21.2 Å². The Balaban J connectivity index is 1.76. The average Bonchev–Trinajstić information content (AvgIpc) is 3.52. The normalized spacial score (nSPS) is 17.7. The molecule has 1 fully saturated rings. The molecular weight excluding hydrogens is 500 g/mol. The van der Waals surface area contributed by atoms with Crippen molar-refractivity contribution >= 4 is 27.6 Å². The monoisotopic (exact) mass is 524 g/mol. The molecule has 0 radical (unpaired) electrons. The van der Waals surface area contributed by atoms with E-state index >= 15 is 0 Å². The zero-order valence-corrected chi connectivity index (χ0v) is 21.1. The maximum Gasteiger partial charge on any atom is 0.245 e. The molecule has 4 heterocycles. The lowest BCUT2D eigenvalue weighted by molar-refractivity contribution is 0.193. The van der Waals surface area contributed by atoms with Crippen LogP contribution in [0.4, 0.5) is 5.95 Å². The summed E-state index contributed by atoms with van der Waals surface area (Å²) >= 11 is 5.86. The number of aromatic nitrogens is 7. The summed E-state index contributed by atoms with van der Waals surface area (Å²) in [6.07, 6.45) is 4.82. The van der Waals surface area contributed by atoms with E-state index in [0.29, 0.717) is 36.3 Å². The SMILES string of the molecule is COc1ncnc(OC)c1-n1c(NS(=O)(=O)[C@@H](C)[C@H](C)c2ncc(Cl)cn2)nnc1C1CCOC1. The summed E-state index contributed by atoms with van der Waals surface area (Å²) < 4.78 is 47.3. The van der Waals surface area contributed by atoms with Crippen molar-refractivity contribution in [3.8, 4) is 17.4 Å². The quantitative estimate of drug-likeness (QED) is 0.436. The van der Waals surface area contributed by atoms with Gasteiger partial charge >= 0.3 is 0 Å². The number of sulfonamides is 1. The third-order valence-electron chi connectivity index (χ3n) is 5.82. The predicted octanol–water partition coefficient (Wildman–Crippen LogP) is 1.96. The van der Waals surface area contributed by atoms with Gasteiger partial charge in [0.15, 0.2) is 5.69 Å². The van der Waals surface area contributed by atoms with Gasteiger partial charge in [0.2, 0.25) is 27.7 Å². The second-order valence-electron chi connectivity index (χ2n) is 7.92. The van der Waals surface area contributed by atoms with Crippen LogP contribution in [0, 0.1) is 0 Å². The highest BCUT2D eigenvalue weighted by atomic mass is 35.5. The van der Waals surface area contributed by atoms with Crippen molar-refractivity contribution in [3.05, 3.63) is 35.4 Å². The molecule has 4 rings (SSSR count). The van der Waals surface area contributed by atoms with Crippen LogP contribution in [0.15, 0.2) is 18.7 Å². The van der Waals surface area contributed by atoms with Gasteiger partial charge in [-0.3, -0.25) is 9.29 Å². The van der Waals surface area contributed by atoms with Crippen molar-refractivity contribution in [2.45, 2.75) is 37.4 Å². The molecule has 0 amide bonds. The van der Waals surface area contributed by atoms with Gasteiger partial charge in [-0.15, -0.1) is 10.2 Å². The van der Waals surface area contributed by atoms with Crippen LogP contribution in [0.1, 0.15) is 43.8 Å². The minimum absolute atomic E-state index is 0.0608. The van der Waals surface area contributed by atoms with Gasteiger partial charge in [-0.25, -0.2) is 18.4 Å². The van der Waals surface area contributed by atoms with Crippen LogP contribution in [0.25, 0.3) is 5.69 Å². The molecule has 13 nitrogen and oxygen atoms in total. The van der Waals surface area contributed by atoms with Crippen LogP contribution in [0.5, 0.6) is 11.8 Å². The smallest absolute Gasteiger partial charge is 0.245 e. The number of nitrogens with zero attached hydrogens (tertiary/aromatic N) is 7. The van der Waals surface area contributed by atoms with Crippen LogP contribution < -0.4 is 14.2 Å². The van der Waals surface area contributed by atoms with E-state index in [2.05, 4.69) is 34.9 Å². The van der Waals surface area contributed by atoms with E-state index in [1.54, 1.807) is 13.8 Å². The number of methoxy groups -OCH3 is 2. The molecule has 15 heteroatoms. The summed E-state index contributed by atoms with van der Waals surface area (Å²) in [4.78, 5) is 16.6. The van der Waals surface area contributed by atoms with E-state index in [1.807, 2.05) is 0 Å². The third-order valence-corrected chi connectivity index (χ3v) is 7.87. The number of ether oxygens (including phenoxy) is 3. The first-order valence-electron chi connectivity index (χ1n) is 10.7. The molecule has 3 aromatic heterocycles. The van der Waals surface area contributed by atoms with Gasteiger partial charge in [0.05, 0.1) is 31.1 Å². The number of nitrogens with one attached hydrogen (secondary N) is 1. The Kier molecular flexibility index (Phi) is 7.33. The second-order valence-corrected chi connectivity index (χ2v) is 10.4. The van der Waals surface area contributed by atoms with E-state index in [1.165, 1.54) is 37.5 Å². The topological polar surface area (TPSA) is 156 Å². The maximum atomic E-state index is 13.4. The molecule has 1 aliphatic rings. The predicted molar refractivity (Wildman–Crippen MR) is 126 cm³/mol. The fraction of sp³-hybridized carbons (Fsp3) is 0.500. The lowest BCUT2D eigenvalue weighted by Crippen LogP contribution is -2.31. The van der Waals surface area contributed by atoms with Crippen LogP contribution in [0.3, 0.4) is 0 Å². The molecule has 1 unspecified atom stereocenters. The highest BCUT2D eigenvalue weighted by Gasteiger charge is 2.34.